The molecule has 0 aromatic heterocycles. The van der Waals surface area contributed by atoms with E-state index >= 15 is 0 Å². The predicted octanol–water partition coefficient (Wildman–Crippen LogP) is 4.11. The van der Waals surface area contributed by atoms with Crippen LogP contribution in [-0.2, 0) is 5.41 Å². The van der Waals surface area contributed by atoms with E-state index in [1.807, 2.05) is 0 Å². The fourth-order valence-electron chi connectivity index (χ4n) is 4.05. The van der Waals surface area contributed by atoms with Gasteiger partial charge in [0.05, 0.1) is 20.0 Å². The van der Waals surface area contributed by atoms with Gasteiger partial charge in [-0.3, -0.25) is 4.48 Å². The van der Waals surface area contributed by atoms with Crippen LogP contribution in [0.2, 0.25) is 0 Å². The lowest BCUT2D eigenvalue weighted by Crippen LogP contribution is -2.62. The van der Waals surface area contributed by atoms with Crippen LogP contribution in [0.25, 0.3) is 0 Å². The molecular weight excluding hydrogens is 265 g/mol. The lowest BCUT2D eigenvalue weighted by Gasteiger charge is -2.49. The SMILES string of the molecule is CC1(C)[C@H]2C(Cl)(Cl)[C@]2(C)c2ccccc2[N+]1(C)C. The summed E-state index contributed by atoms with van der Waals surface area (Å²) in [6.45, 7) is 6.76. The first-order chi connectivity index (χ1) is 8.09. The second-order valence-corrected chi connectivity index (χ2v) is 8.27. The van der Waals surface area contributed by atoms with Crippen molar-refractivity contribution < 1.29 is 0 Å². The minimum Gasteiger partial charge on any atom is -0.291 e. The van der Waals surface area contributed by atoms with Crippen molar-refractivity contribution in [2.45, 2.75) is 36.1 Å². The highest BCUT2D eigenvalue weighted by atomic mass is 35.5. The summed E-state index contributed by atoms with van der Waals surface area (Å²) in [5.74, 6) is 0.283. The van der Waals surface area contributed by atoms with Crippen molar-refractivity contribution in [3.05, 3.63) is 29.8 Å². The van der Waals surface area contributed by atoms with E-state index in [0.29, 0.717) is 0 Å². The average molecular weight is 285 g/mol. The highest BCUT2D eigenvalue weighted by molar-refractivity contribution is 6.52. The van der Waals surface area contributed by atoms with Gasteiger partial charge in [-0.15, -0.1) is 23.2 Å². The first-order valence-corrected chi connectivity index (χ1v) is 7.17. The van der Waals surface area contributed by atoms with Crippen LogP contribution in [0.3, 0.4) is 0 Å². The standard InChI is InChI=1S/C15H20Cl2N/c1-13(2)12-14(3,15(12,16)17)10-8-6-7-9-11(10)18(13,4)5/h6-9,12H,1-5H3/q+1/t12-,14-/m1/s1. The molecule has 2 atom stereocenters. The van der Waals surface area contributed by atoms with Gasteiger partial charge in [-0.05, 0) is 19.9 Å². The Morgan fingerprint density at radius 2 is 1.61 bits per heavy atom. The maximum Gasteiger partial charge on any atom is 0.138 e. The molecule has 98 valence electrons. The molecule has 3 rings (SSSR count). The van der Waals surface area contributed by atoms with E-state index in [9.17, 15) is 0 Å². The molecule has 1 saturated carbocycles. The van der Waals surface area contributed by atoms with E-state index in [1.54, 1.807) is 0 Å². The Balaban J connectivity index is 2.35. The van der Waals surface area contributed by atoms with Gasteiger partial charge in [0.2, 0.25) is 0 Å². The molecule has 0 saturated heterocycles. The fourth-order valence-corrected chi connectivity index (χ4v) is 5.33. The maximum atomic E-state index is 6.65. The van der Waals surface area contributed by atoms with Crippen molar-refractivity contribution in [2.24, 2.45) is 5.92 Å². The molecule has 3 heteroatoms. The molecule has 18 heavy (non-hydrogen) atoms. The number of rotatable bonds is 0. The van der Waals surface area contributed by atoms with Crippen LogP contribution in [0.15, 0.2) is 24.3 Å². The van der Waals surface area contributed by atoms with Crippen molar-refractivity contribution in [1.82, 2.24) is 4.48 Å². The number of para-hydroxylation sites is 1. The van der Waals surface area contributed by atoms with Gasteiger partial charge in [0.15, 0.2) is 0 Å². The van der Waals surface area contributed by atoms with Crippen LogP contribution in [0.5, 0.6) is 0 Å². The number of hydrogen-bond acceptors (Lipinski definition) is 0. The molecule has 0 N–H and O–H groups in total. The topological polar surface area (TPSA) is 0 Å². The summed E-state index contributed by atoms with van der Waals surface area (Å²) < 4.78 is 0.170. The number of quaternary nitrogens is 1. The van der Waals surface area contributed by atoms with Crippen LogP contribution >= 0.6 is 23.2 Å². The second kappa shape index (κ2) is 3.08. The molecule has 1 nitrogen and oxygen atoms in total. The quantitative estimate of drug-likeness (QED) is 0.497. The normalized spacial score (nSPS) is 37.6. The smallest absolute Gasteiger partial charge is 0.138 e. The Morgan fingerprint density at radius 3 is 2.22 bits per heavy atom. The summed E-state index contributed by atoms with van der Waals surface area (Å²) in [6, 6.07) is 8.58. The van der Waals surface area contributed by atoms with Crippen LogP contribution < -0.4 is 4.48 Å². The zero-order chi connectivity index (χ0) is 13.6. The summed E-state index contributed by atoms with van der Waals surface area (Å²) in [6.07, 6.45) is 0. The number of nitrogens with zero attached hydrogens (tertiary/aromatic N) is 1. The number of alkyl halides is 2. The average Bonchev–Trinajstić information content (AvgIpc) is 2.73. The summed E-state index contributed by atoms with van der Waals surface area (Å²) in [5.41, 5.74) is 2.55. The van der Waals surface area contributed by atoms with Crippen molar-refractivity contribution in [1.29, 1.82) is 0 Å². The summed E-state index contributed by atoms with van der Waals surface area (Å²) >= 11 is 13.3. The summed E-state index contributed by atoms with van der Waals surface area (Å²) in [5, 5.41) is 0. The lowest BCUT2D eigenvalue weighted by atomic mass is 9.78. The first kappa shape index (κ1) is 12.8. The van der Waals surface area contributed by atoms with Crippen molar-refractivity contribution >= 4 is 28.9 Å². The van der Waals surface area contributed by atoms with Crippen LogP contribution in [0.4, 0.5) is 5.69 Å². The zero-order valence-electron chi connectivity index (χ0n) is 11.6. The molecule has 1 aromatic carbocycles. The number of halogens is 2. The van der Waals surface area contributed by atoms with E-state index in [0.717, 1.165) is 4.48 Å². The van der Waals surface area contributed by atoms with Gasteiger partial charge >= 0.3 is 0 Å². The Morgan fingerprint density at radius 1 is 1.06 bits per heavy atom. The van der Waals surface area contributed by atoms with Gasteiger partial charge in [0.25, 0.3) is 0 Å². The van der Waals surface area contributed by atoms with Crippen molar-refractivity contribution in [2.75, 3.05) is 14.1 Å². The van der Waals surface area contributed by atoms with Gasteiger partial charge in [-0.2, -0.15) is 0 Å². The van der Waals surface area contributed by atoms with E-state index in [1.165, 1.54) is 11.3 Å². The Bertz CT molecular complexity index is 518. The van der Waals surface area contributed by atoms with E-state index in [-0.39, 0.29) is 16.9 Å². The maximum absolute atomic E-state index is 6.65. The molecule has 1 fully saturated rings. The van der Waals surface area contributed by atoms with Crippen LogP contribution in [0.1, 0.15) is 26.3 Å². The van der Waals surface area contributed by atoms with Crippen LogP contribution in [-0.4, -0.2) is 24.0 Å². The summed E-state index contributed by atoms with van der Waals surface area (Å²) in [4.78, 5) is 0. The Labute approximate surface area is 119 Å². The third-order valence-corrected chi connectivity index (χ3v) is 6.98. The first-order valence-electron chi connectivity index (χ1n) is 6.41. The number of benzene rings is 1. The minimum absolute atomic E-state index is 0.0204. The Hall–Kier alpha value is -0.240. The van der Waals surface area contributed by atoms with Gasteiger partial charge < -0.3 is 0 Å². The van der Waals surface area contributed by atoms with E-state index < -0.39 is 4.33 Å². The zero-order valence-corrected chi connectivity index (χ0v) is 13.1. The van der Waals surface area contributed by atoms with E-state index in [2.05, 4.69) is 59.1 Å². The van der Waals surface area contributed by atoms with Crippen LogP contribution in [0, 0.1) is 5.92 Å². The monoisotopic (exact) mass is 284 g/mol. The van der Waals surface area contributed by atoms with Crippen molar-refractivity contribution in [3.8, 4) is 0 Å². The second-order valence-electron chi connectivity index (χ2n) is 6.88. The largest absolute Gasteiger partial charge is 0.291 e. The molecule has 2 aliphatic rings. The molecule has 1 aliphatic heterocycles. The van der Waals surface area contributed by atoms with Crippen molar-refractivity contribution in [3.63, 3.8) is 0 Å². The molecule has 0 radical (unpaired) electrons. The molecule has 1 aliphatic carbocycles. The number of hydrogen-bond donors (Lipinski definition) is 0. The highest BCUT2D eigenvalue weighted by Crippen LogP contribution is 2.77. The lowest BCUT2D eigenvalue weighted by molar-refractivity contribution is 0.143. The number of fused-ring (bicyclic) bond motifs is 3. The van der Waals surface area contributed by atoms with Gasteiger partial charge in [0, 0.05) is 11.0 Å². The third-order valence-electron chi connectivity index (χ3n) is 5.76. The molecule has 0 amide bonds. The molecule has 0 spiro atoms. The highest BCUT2D eigenvalue weighted by Gasteiger charge is 2.84. The van der Waals surface area contributed by atoms with E-state index in [4.69, 9.17) is 23.2 Å². The van der Waals surface area contributed by atoms with Gasteiger partial charge in [0.1, 0.15) is 15.6 Å². The molecule has 1 aromatic rings. The molecular formula is C15H20Cl2N+. The fraction of sp³-hybridized carbons (Fsp3) is 0.600. The third kappa shape index (κ3) is 1.07. The minimum atomic E-state index is -0.654. The molecule has 0 bridgehead atoms. The predicted molar refractivity (Wildman–Crippen MR) is 79.4 cm³/mol. The van der Waals surface area contributed by atoms with Gasteiger partial charge in [-0.1, -0.05) is 25.1 Å². The molecule has 1 heterocycles. The summed E-state index contributed by atoms with van der Waals surface area (Å²) in [7, 11) is 4.50. The Kier molecular flexibility index (Phi) is 2.19. The van der Waals surface area contributed by atoms with Gasteiger partial charge in [-0.25, -0.2) is 0 Å². The molecule has 0 unspecified atom stereocenters.